The van der Waals surface area contributed by atoms with Gasteiger partial charge in [-0.15, -0.1) is 0 Å². The summed E-state index contributed by atoms with van der Waals surface area (Å²) in [5.74, 6) is 0.296. The Morgan fingerprint density at radius 2 is 1.68 bits per heavy atom. The Bertz CT molecular complexity index is 755. The van der Waals surface area contributed by atoms with Crippen molar-refractivity contribution in [1.29, 1.82) is 0 Å². The number of fused-ring (bicyclic) bond motifs is 3. The number of hydrogen-bond donors (Lipinski definition) is 2. The van der Waals surface area contributed by atoms with Gasteiger partial charge in [0, 0.05) is 17.3 Å². The number of allylic oxidation sites excluding steroid dienone is 2. The smallest absolute Gasteiger partial charge is 0.423 e. The lowest BCUT2D eigenvalue weighted by Gasteiger charge is -2.28. The Hall–Kier alpha value is -2.30. The number of anilines is 2. The van der Waals surface area contributed by atoms with E-state index in [-0.39, 0.29) is 6.04 Å². The van der Waals surface area contributed by atoms with Gasteiger partial charge in [-0.3, -0.25) is 0 Å². The molecule has 2 atom stereocenters. The van der Waals surface area contributed by atoms with Crippen molar-refractivity contribution in [3.8, 4) is 0 Å². The summed E-state index contributed by atoms with van der Waals surface area (Å²) in [6.45, 7) is 0. The molecule has 1 aliphatic carbocycles. The molecule has 4 heteroatoms. The third kappa shape index (κ3) is 2.00. The number of hydrogen-bond acceptors (Lipinski definition) is 3. The van der Waals surface area contributed by atoms with Crippen molar-refractivity contribution in [2.24, 2.45) is 0 Å². The van der Waals surface area contributed by atoms with E-state index >= 15 is 0 Å². The Balaban J connectivity index is 1.89. The zero-order valence-electron chi connectivity index (χ0n) is 12.0. The van der Waals surface area contributed by atoms with Crippen LogP contribution in [0.2, 0.25) is 0 Å². The Kier molecular flexibility index (Phi) is 3.14. The highest BCUT2D eigenvalue weighted by Gasteiger charge is 2.37. The number of rotatable bonds is 2. The highest BCUT2D eigenvalue weighted by Crippen LogP contribution is 2.46. The van der Waals surface area contributed by atoms with Crippen molar-refractivity contribution in [2.75, 3.05) is 4.90 Å². The van der Waals surface area contributed by atoms with E-state index in [1.165, 1.54) is 5.56 Å². The maximum Gasteiger partial charge on any atom is 0.488 e. The molecule has 0 saturated heterocycles. The van der Waals surface area contributed by atoms with Gasteiger partial charge in [-0.05, 0) is 29.2 Å². The van der Waals surface area contributed by atoms with Crippen LogP contribution in [0.1, 0.15) is 11.5 Å². The van der Waals surface area contributed by atoms with Gasteiger partial charge in [0.1, 0.15) is 0 Å². The molecule has 0 aromatic heterocycles. The predicted molar refractivity (Wildman–Crippen MR) is 89.7 cm³/mol. The molecule has 3 nitrogen and oxygen atoms in total. The van der Waals surface area contributed by atoms with Gasteiger partial charge in [-0.1, -0.05) is 54.6 Å². The molecule has 2 aromatic carbocycles. The van der Waals surface area contributed by atoms with Crippen molar-refractivity contribution < 1.29 is 10.0 Å². The van der Waals surface area contributed by atoms with Gasteiger partial charge in [0.2, 0.25) is 0 Å². The minimum Gasteiger partial charge on any atom is -0.423 e. The zero-order chi connectivity index (χ0) is 15.1. The van der Waals surface area contributed by atoms with Crippen LogP contribution < -0.4 is 10.4 Å². The van der Waals surface area contributed by atoms with Gasteiger partial charge in [0.05, 0.1) is 6.04 Å². The second-order valence-corrected chi connectivity index (χ2v) is 5.68. The monoisotopic (exact) mass is 289 g/mol. The van der Waals surface area contributed by atoms with Gasteiger partial charge >= 0.3 is 7.12 Å². The summed E-state index contributed by atoms with van der Waals surface area (Å²) in [5.41, 5.74) is 3.90. The van der Waals surface area contributed by atoms with E-state index in [9.17, 15) is 10.0 Å². The molecule has 0 spiro atoms. The average Bonchev–Trinajstić information content (AvgIpc) is 2.89. The van der Waals surface area contributed by atoms with E-state index in [0.29, 0.717) is 11.4 Å². The molecule has 0 fully saturated rings. The van der Waals surface area contributed by atoms with E-state index in [0.717, 1.165) is 11.4 Å². The summed E-state index contributed by atoms with van der Waals surface area (Å²) in [7, 11) is -1.45. The summed E-state index contributed by atoms with van der Waals surface area (Å²) >= 11 is 0. The lowest BCUT2D eigenvalue weighted by atomic mass is 9.79. The van der Waals surface area contributed by atoms with Crippen LogP contribution in [0.25, 0.3) is 0 Å². The van der Waals surface area contributed by atoms with Gasteiger partial charge in [-0.2, -0.15) is 0 Å². The second-order valence-electron chi connectivity index (χ2n) is 5.68. The molecule has 0 saturated carbocycles. The molecule has 2 N–H and O–H groups in total. The van der Waals surface area contributed by atoms with E-state index in [2.05, 4.69) is 41.3 Å². The highest BCUT2D eigenvalue weighted by atomic mass is 16.4. The molecular weight excluding hydrogens is 273 g/mol. The fourth-order valence-electron chi connectivity index (χ4n) is 3.40. The molecule has 22 heavy (non-hydrogen) atoms. The van der Waals surface area contributed by atoms with Crippen LogP contribution in [-0.4, -0.2) is 23.2 Å². The minimum absolute atomic E-state index is 0.230. The van der Waals surface area contributed by atoms with Gasteiger partial charge < -0.3 is 14.9 Å². The first kappa shape index (κ1) is 13.4. The molecule has 2 unspecified atom stereocenters. The van der Waals surface area contributed by atoms with Crippen LogP contribution in [0.3, 0.4) is 0 Å². The maximum atomic E-state index is 9.48. The molecule has 4 rings (SSSR count). The Morgan fingerprint density at radius 1 is 0.909 bits per heavy atom. The van der Waals surface area contributed by atoms with E-state index in [4.69, 9.17) is 0 Å². The van der Waals surface area contributed by atoms with Crippen molar-refractivity contribution in [3.63, 3.8) is 0 Å². The zero-order valence-corrected chi connectivity index (χ0v) is 12.0. The summed E-state index contributed by atoms with van der Waals surface area (Å²) in [6.07, 6.45) is 8.56. The molecule has 0 amide bonds. The van der Waals surface area contributed by atoms with Gasteiger partial charge in [-0.25, -0.2) is 0 Å². The third-order valence-electron chi connectivity index (χ3n) is 4.41. The van der Waals surface area contributed by atoms with Crippen LogP contribution in [-0.2, 0) is 0 Å². The standard InChI is InChI=1S/C18H16BNO2/c21-19(22)13-10-11-16-15-8-4-5-9-17(15)20(18(16)12-13)14-6-2-1-3-7-14/h1-12,15,17,21-22H. The summed E-state index contributed by atoms with van der Waals surface area (Å²) in [6, 6.07) is 16.1. The van der Waals surface area contributed by atoms with Crippen molar-refractivity contribution in [1.82, 2.24) is 0 Å². The number of benzene rings is 2. The first-order valence-electron chi connectivity index (χ1n) is 7.45. The van der Waals surface area contributed by atoms with Crippen LogP contribution in [0, 0.1) is 0 Å². The number of nitrogens with zero attached hydrogens (tertiary/aromatic N) is 1. The van der Waals surface area contributed by atoms with Crippen molar-refractivity contribution in [3.05, 3.63) is 78.4 Å². The van der Waals surface area contributed by atoms with E-state index in [1.807, 2.05) is 30.3 Å². The topological polar surface area (TPSA) is 43.7 Å². The summed E-state index contributed by atoms with van der Waals surface area (Å²) in [5, 5.41) is 19.0. The van der Waals surface area contributed by atoms with Gasteiger partial charge in [0.15, 0.2) is 0 Å². The normalized spacial score (nSPS) is 21.6. The minimum atomic E-state index is -1.45. The fraction of sp³-hybridized carbons (Fsp3) is 0.111. The van der Waals surface area contributed by atoms with Crippen molar-refractivity contribution in [2.45, 2.75) is 12.0 Å². The van der Waals surface area contributed by atoms with Crippen molar-refractivity contribution >= 4 is 24.0 Å². The molecule has 108 valence electrons. The average molecular weight is 289 g/mol. The fourth-order valence-corrected chi connectivity index (χ4v) is 3.40. The van der Waals surface area contributed by atoms with E-state index < -0.39 is 7.12 Å². The Labute approximate surface area is 130 Å². The Morgan fingerprint density at radius 3 is 2.45 bits per heavy atom. The van der Waals surface area contributed by atoms with Crippen LogP contribution in [0.4, 0.5) is 11.4 Å². The second kappa shape index (κ2) is 5.16. The SMILES string of the molecule is OB(O)c1ccc2c(c1)N(c1ccccc1)C1C=CC=CC21. The van der Waals surface area contributed by atoms with Gasteiger partial charge in [0.25, 0.3) is 0 Å². The maximum absolute atomic E-state index is 9.48. The molecule has 1 heterocycles. The quantitative estimate of drug-likeness (QED) is 0.832. The van der Waals surface area contributed by atoms with Crippen LogP contribution in [0.15, 0.2) is 72.8 Å². The molecule has 0 radical (unpaired) electrons. The highest BCUT2D eigenvalue weighted by molar-refractivity contribution is 6.58. The van der Waals surface area contributed by atoms with E-state index in [1.54, 1.807) is 6.07 Å². The summed E-state index contributed by atoms with van der Waals surface area (Å²) in [4.78, 5) is 2.27. The number of para-hydroxylation sites is 1. The summed E-state index contributed by atoms with van der Waals surface area (Å²) < 4.78 is 0. The first-order valence-corrected chi connectivity index (χ1v) is 7.45. The molecular formula is C18H16BNO2. The lowest BCUT2D eigenvalue weighted by Crippen LogP contribution is -2.31. The molecule has 0 bridgehead atoms. The first-order chi connectivity index (χ1) is 10.8. The van der Waals surface area contributed by atoms with Crippen LogP contribution in [0.5, 0.6) is 0 Å². The third-order valence-corrected chi connectivity index (χ3v) is 4.41. The molecule has 2 aliphatic rings. The predicted octanol–water partition coefficient (Wildman–Crippen LogP) is 2.10. The molecule has 1 aliphatic heterocycles. The largest absolute Gasteiger partial charge is 0.488 e. The van der Waals surface area contributed by atoms with Crippen LogP contribution >= 0.6 is 0 Å². The lowest BCUT2D eigenvalue weighted by molar-refractivity contribution is 0.426. The molecule has 2 aromatic rings.